The minimum absolute atomic E-state index is 0.209. The highest BCUT2D eigenvalue weighted by molar-refractivity contribution is 5.99. The molecule has 0 fully saturated rings. The van der Waals surface area contributed by atoms with Gasteiger partial charge in [-0.05, 0) is 30.3 Å². The number of hydrogen-bond donors (Lipinski definition) is 4. The van der Waals surface area contributed by atoms with Crippen molar-refractivity contribution < 1.29 is 0 Å². The first kappa shape index (κ1) is 19.3. The van der Waals surface area contributed by atoms with Gasteiger partial charge in [0, 0.05) is 10.9 Å². The Balaban J connectivity index is 1.35. The predicted molar refractivity (Wildman–Crippen MR) is 128 cm³/mol. The molecule has 0 amide bonds. The van der Waals surface area contributed by atoms with Crippen LogP contribution in [0.4, 0.5) is 22.9 Å². The Bertz CT molecular complexity index is 1370. The van der Waals surface area contributed by atoms with E-state index in [1.165, 1.54) is 0 Å². The molecule has 0 radical (unpaired) electrons. The topological polar surface area (TPSA) is 117 Å². The molecule has 0 aliphatic heterocycles. The molecule has 8 nitrogen and oxygen atoms in total. The molecule has 0 aliphatic carbocycles. The maximum Gasteiger partial charge on any atom is 0.199 e. The van der Waals surface area contributed by atoms with Gasteiger partial charge in [-0.1, -0.05) is 54.6 Å². The first-order valence-electron chi connectivity index (χ1n) is 10.0. The summed E-state index contributed by atoms with van der Waals surface area (Å²) in [6.07, 6.45) is 1.79. The molecule has 0 aliphatic rings. The van der Waals surface area contributed by atoms with Crippen LogP contribution in [0.1, 0.15) is 0 Å². The van der Waals surface area contributed by atoms with E-state index in [9.17, 15) is 0 Å². The van der Waals surface area contributed by atoms with Crippen LogP contribution in [-0.2, 0) is 0 Å². The molecule has 0 saturated carbocycles. The molecule has 5 rings (SSSR count). The molecular weight excluding hydrogens is 400 g/mol. The zero-order valence-corrected chi connectivity index (χ0v) is 17.0. The molecule has 0 saturated heterocycles. The number of anilines is 3. The zero-order valence-electron chi connectivity index (χ0n) is 17.0. The molecule has 32 heavy (non-hydrogen) atoms. The summed E-state index contributed by atoms with van der Waals surface area (Å²) in [5.41, 5.74) is 11.4. The van der Waals surface area contributed by atoms with Gasteiger partial charge in [0.1, 0.15) is 0 Å². The quantitative estimate of drug-likeness (QED) is 0.239. The van der Waals surface area contributed by atoms with Crippen LogP contribution in [0.5, 0.6) is 0 Å². The summed E-state index contributed by atoms with van der Waals surface area (Å²) in [5.74, 6) is 0.628. The lowest BCUT2D eigenvalue weighted by Crippen LogP contribution is -2.22. The van der Waals surface area contributed by atoms with Crippen molar-refractivity contribution in [1.82, 2.24) is 20.4 Å². The highest BCUT2D eigenvalue weighted by Gasteiger charge is 2.08. The molecule has 0 atom stereocenters. The number of fused-ring (bicyclic) bond motifs is 1. The lowest BCUT2D eigenvalue weighted by atomic mass is 10.1. The van der Waals surface area contributed by atoms with Gasteiger partial charge in [0.25, 0.3) is 0 Å². The minimum Gasteiger partial charge on any atom is -0.369 e. The Kier molecular flexibility index (Phi) is 5.15. The van der Waals surface area contributed by atoms with Crippen molar-refractivity contribution >= 4 is 39.7 Å². The summed E-state index contributed by atoms with van der Waals surface area (Å²) in [4.78, 5) is 4.34. The van der Waals surface area contributed by atoms with Gasteiger partial charge in [-0.25, -0.2) is 0 Å². The lowest BCUT2D eigenvalue weighted by molar-refractivity contribution is 1.03. The monoisotopic (exact) mass is 420 g/mol. The average Bonchev–Trinajstić information content (AvgIpc) is 3.31. The molecule has 5 aromatic rings. The number of aromatic nitrogens is 4. The Morgan fingerprint density at radius 1 is 0.781 bits per heavy atom. The van der Waals surface area contributed by atoms with Crippen molar-refractivity contribution in [1.29, 1.82) is 0 Å². The fourth-order valence-corrected chi connectivity index (χ4v) is 3.36. The average molecular weight is 420 g/mol. The highest BCUT2D eigenvalue weighted by Crippen LogP contribution is 2.29. The fraction of sp³-hybridized carbons (Fsp3) is 0. The molecule has 8 heteroatoms. The first-order valence-corrected chi connectivity index (χ1v) is 10.0. The molecule has 156 valence electrons. The second-order valence-electron chi connectivity index (χ2n) is 7.08. The van der Waals surface area contributed by atoms with E-state index in [-0.39, 0.29) is 5.96 Å². The van der Waals surface area contributed by atoms with Crippen LogP contribution in [-0.4, -0.2) is 26.4 Å². The summed E-state index contributed by atoms with van der Waals surface area (Å²) >= 11 is 0. The number of aromatic amines is 1. The second kappa shape index (κ2) is 8.57. The number of nitrogens with one attached hydrogen (secondary N) is 3. The van der Waals surface area contributed by atoms with Crippen LogP contribution < -0.4 is 16.4 Å². The second-order valence-corrected chi connectivity index (χ2v) is 7.08. The van der Waals surface area contributed by atoms with E-state index >= 15 is 0 Å². The predicted octanol–water partition coefficient (Wildman–Crippen LogP) is 4.82. The van der Waals surface area contributed by atoms with Gasteiger partial charge in [0.2, 0.25) is 0 Å². The van der Waals surface area contributed by atoms with Crippen molar-refractivity contribution in [3.63, 3.8) is 0 Å². The van der Waals surface area contributed by atoms with Gasteiger partial charge in [0.05, 0.1) is 34.5 Å². The Morgan fingerprint density at radius 2 is 1.56 bits per heavy atom. The molecule has 0 unspecified atom stereocenters. The number of hydrogen-bond acceptors (Lipinski definition) is 5. The number of nitrogens with zero attached hydrogens (tertiary/aromatic N) is 4. The van der Waals surface area contributed by atoms with Crippen LogP contribution in [0.25, 0.3) is 22.2 Å². The molecule has 2 heterocycles. The standard InChI is InChI=1S/C24H20N8/c25-24(29-22-14-13-18(30-31-22)16-7-2-1-3-8-16)28-20-11-5-4-10-19(20)27-21-12-6-9-17-15-26-32-23(17)21/h1-15,27H,(H,26,32)(H3,25,28,29,31). The van der Waals surface area contributed by atoms with Crippen molar-refractivity contribution in [2.24, 2.45) is 10.7 Å². The van der Waals surface area contributed by atoms with Gasteiger partial charge in [-0.2, -0.15) is 10.1 Å². The van der Waals surface area contributed by atoms with Crippen LogP contribution in [0, 0.1) is 0 Å². The summed E-state index contributed by atoms with van der Waals surface area (Å²) in [6.45, 7) is 0. The molecular formula is C24H20N8. The fourth-order valence-electron chi connectivity index (χ4n) is 3.36. The molecule has 3 aromatic carbocycles. The number of nitrogens with two attached hydrogens (primary N) is 1. The number of aliphatic imine (C=N–C) groups is 1. The van der Waals surface area contributed by atoms with Crippen molar-refractivity contribution in [2.45, 2.75) is 0 Å². The normalized spacial score (nSPS) is 11.4. The highest BCUT2D eigenvalue weighted by atomic mass is 15.2. The van der Waals surface area contributed by atoms with E-state index in [2.05, 4.69) is 36.0 Å². The van der Waals surface area contributed by atoms with Gasteiger partial charge in [-0.15, -0.1) is 10.2 Å². The van der Waals surface area contributed by atoms with Crippen LogP contribution in [0.3, 0.4) is 0 Å². The minimum atomic E-state index is 0.209. The number of rotatable bonds is 5. The van der Waals surface area contributed by atoms with E-state index in [4.69, 9.17) is 5.73 Å². The first-order chi connectivity index (χ1) is 15.8. The third-order valence-corrected chi connectivity index (χ3v) is 4.89. The summed E-state index contributed by atoms with van der Waals surface area (Å²) in [7, 11) is 0. The van der Waals surface area contributed by atoms with Gasteiger partial charge in [0.15, 0.2) is 11.8 Å². The number of H-pyrrole nitrogens is 1. The molecule has 0 spiro atoms. The van der Waals surface area contributed by atoms with Crippen LogP contribution >= 0.6 is 0 Å². The van der Waals surface area contributed by atoms with E-state index < -0.39 is 0 Å². The summed E-state index contributed by atoms with van der Waals surface area (Å²) in [5, 5.41) is 23.1. The van der Waals surface area contributed by atoms with Crippen molar-refractivity contribution in [3.8, 4) is 11.3 Å². The molecule has 0 bridgehead atoms. The Morgan fingerprint density at radius 3 is 2.38 bits per heavy atom. The summed E-state index contributed by atoms with van der Waals surface area (Å²) < 4.78 is 0. The largest absolute Gasteiger partial charge is 0.369 e. The SMILES string of the molecule is NC(=Nc1ccc(-c2ccccc2)nn1)Nc1ccccc1Nc1cccc2cn[nH]c12. The number of para-hydroxylation sites is 3. The summed E-state index contributed by atoms with van der Waals surface area (Å²) in [6, 6.07) is 27.2. The van der Waals surface area contributed by atoms with Crippen LogP contribution in [0.15, 0.2) is 96.1 Å². The van der Waals surface area contributed by atoms with E-state index in [0.717, 1.165) is 39.2 Å². The lowest BCUT2D eigenvalue weighted by Gasteiger charge is -2.14. The van der Waals surface area contributed by atoms with Gasteiger partial charge >= 0.3 is 0 Å². The maximum atomic E-state index is 6.15. The van der Waals surface area contributed by atoms with E-state index in [1.54, 1.807) is 12.3 Å². The van der Waals surface area contributed by atoms with E-state index in [0.29, 0.717) is 5.82 Å². The smallest absolute Gasteiger partial charge is 0.199 e. The third-order valence-electron chi connectivity index (χ3n) is 4.89. The van der Waals surface area contributed by atoms with Gasteiger partial charge < -0.3 is 16.4 Å². The van der Waals surface area contributed by atoms with E-state index in [1.807, 2.05) is 78.9 Å². The zero-order chi connectivity index (χ0) is 21.8. The number of benzene rings is 3. The van der Waals surface area contributed by atoms with Crippen molar-refractivity contribution in [2.75, 3.05) is 10.6 Å². The van der Waals surface area contributed by atoms with Crippen LogP contribution in [0.2, 0.25) is 0 Å². The Labute approximate surface area is 184 Å². The maximum absolute atomic E-state index is 6.15. The third kappa shape index (κ3) is 4.10. The number of guanidine groups is 1. The molecule has 2 aromatic heterocycles. The van der Waals surface area contributed by atoms with Crippen molar-refractivity contribution in [3.05, 3.63) is 91.1 Å². The molecule has 5 N–H and O–H groups in total. The van der Waals surface area contributed by atoms with Gasteiger partial charge in [-0.3, -0.25) is 5.10 Å². The Hall–Kier alpha value is -4.72.